The molecular weight excluding hydrogens is 248 g/mol. The van der Waals surface area contributed by atoms with Gasteiger partial charge in [-0.15, -0.1) is 0 Å². The van der Waals surface area contributed by atoms with Crippen LogP contribution in [0.3, 0.4) is 0 Å². The fraction of sp³-hybridized carbons (Fsp3) is 0.462. The number of hydrogen-bond acceptors (Lipinski definition) is 4. The molecule has 0 saturated carbocycles. The average molecular weight is 264 g/mol. The molecule has 1 aromatic heterocycles. The second-order valence-electron chi connectivity index (χ2n) is 4.62. The lowest BCUT2D eigenvalue weighted by molar-refractivity contribution is -0.142. The molecule has 1 fully saturated rings. The molecule has 0 radical (unpaired) electrons. The van der Waals surface area contributed by atoms with Crippen LogP contribution in [-0.2, 0) is 4.79 Å². The van der Waals surface area contributed by atoms with Crippen LogP contribution in [0.15, 0.2) is 18.5 Å². The zero-order valence-corrected chi connectivity index (χ0v) is 10.9. The van der Waals surface area contributed by atoms with Gasteiger partial charge in [-0.1, -0.05) is 6.92 Å². The van der Waals surface area contributed by atoms with Gasteiger partial charge in [0.25, 0.3) is 5.91 Å². The Kier molecular flexibility index (Phi) is 3.69. The summed E-state index contributed by atoms with van der Waals surface area (Å²) in [4.78, 5) is 29.0. The van der Waals surface area contributed by atoms with Crippen molar-refractivity contribution in [3.8, 4) is 5.75 Å². The van der Waals surface area contributed by atoms with Gasteiger partial charge in [0.05, 0.1) is 18.9 Å². The lowest BCUT2D eigenvalue weighted by Gasteiger charge is -2.24. The SMILES string of the molecule is COc1cnccc1C(=O)N1CCC(C)C1C(=O)O. The fourth-order valence-corrected chi connectivity index (χ4v) is 2.43. The predicted octanol–water partition coefficient (Wildman–Crippen LogP) is 1.03. The Morgan fingerprint density at radius 3 is 2.89 bits per heavy atom. The topological polar surface area (TPSA) is 79.7 Å². The van der Waals surface area contributed by atoms with Crippen LogP contribution in [0.1, 0.15) is 23.7 Å². The van der Waals surface area contributed by atoms with E-state index in [4.69, 9.17) is 4.74 Å². The first kappa shape index (κ1) is 13.3. The summed E-state index contributed by atoms with van der Waals surface area (Å²) in [7, 11) is 1.45. The number of hydrogen-bond donors (Lipinski definition) is 1. The first-order valence-corrected chi connectivity index (χ1v) is 6.08. The van der Waals surface area contributed by atoms with Crippen LogP contribution in [-0.4, -0.2) is 46.6 Å². The molecule has 6 heteroatoms. The molecule has 1 aliphatic rings. The maximum atomic E-state index is 12.4. The van der Waals surface area contributed by atoms with Crippen LogP contribution in [0.4, 0.5) is 0 Å². The minimum absolute atomic E-state index is 0.0470. The standard InChI is InChI=1S/C13H16N2O4/c1-8-4-6-15(11(8)13(17)18)12(16)9-3-5-14-7-10(9)19-2/h3,5,7-8,11H,4,6H2,1-2H3,(H,17,18). The number of carbonyl (C=O) groups is 2. The predicted molar refractivity (Wildman–Crippen MR) is 67.0 cm³/mol. The van der Waals surface area contributed by atoms with Crippen molar-refractivity contribution in [2.75, 3.05) is 13.7 Å². The van der Waals surface area contributed by atoms with Crippen LogP contribution in [0.2, 0.25) is 0 Å². The molecule has 1 aliphatic heterocycles. The van der Waals surface area contributed by atoms with Gasteiger partial charge in [0.15, 0.2) is 0 Å². The van der Waals surface area contributed by atoms with Gasteiger partial charge in [0.1, 0.15) is 11.8 Å². The van der Waals surface area contributed by atoms with Gasteiger partial charge in [0, 0.05) is 12.7 Å². The van der Waals surface area contributed by atoms with E-state index < -0.39 is 12.0 Å². The third-order valence-electron chi connectivity index (χ3n) is 3.45. The Morgan fingerprint density at radius 2 is 2.26 bits per heavy atom. The summed E-state index contributed by atoms with van der Waals surface area (Å²) in [5.74, 6) is -0.979. The number of rotatable bonds is 3. The normalized spacial score (nSPS) is 22.3. The molecule has 1 saturated heterocycles. The van der Waals surface area contributed by atoms with Crippen LogP contribution >= 0.6 is 0 Å². The summed E-state index contributed by atoms with van der Waals surface area (Å²) < 4.78 is 5.09. The van der Waals surface area contributed by atoms with Gasteiger partial charge in [0.2, 0.25) is 0 Å². The molecule has 0 aliphatic carbocycles. The van der Waals surface area contributed by atoms with Crippen molar-refractivity contribution in [2.24, 2.45) is 5.92 Å². The molecule has 2 rings (SSSR count). The van der Waals surface area contributed by atoms with Crippen LogP contribution < -0.4 is 4.74 Å². The third-order valence-corrected chi connectivity index (χ3v) is 3.45. The maximum Gasteiger partial charge on any atom is 0.326 e. The van der Waals surface area contributed by atoms with E-state index in [1.807, 2.05) is 6.92 Å². The highest BCUT2D eigenvalue weighted by Crippen LogP contribution is 2.28. The number of methoxy groups -OCH3 is 1. The smallest absolute Gasteiger partial charge is 0.326 e. The number of pyridine rings is 1. The zero-order chi connectivity index (χ0) is 14.0. The average Bonchev–Trinajstić information content (AvgIpc) is 2.79. The molecule has 2 heterocycles. The van der Waals surface area contributed by atoms with Crippen molar-refractivity contribution in [3.05, 3.63) is 24.0 Å². The quantitative estimate of drug-likeness (QED) is 0.881. The van der Waals surface area contributed by atoms with Gasteiger partial charge in [-0.25, -0.2) is 4.79 Å². The molecular formula is C13H16N2O4. The second-order valence-corrected chi connectivity index (χ2v) is 4.62. The van der Waals surface area contributed by atoms with E-state index in [0.29, 0.717) is 24.3 Å². The van der Waals surface area contributed by atoms with Crippen LogP contribution in [0.5, 0.6) is 5.75 Å². The van der Waals surface area contributed by atoms with E-state index in [1.165, 1.54) is 24.4 Å². The van der Waals surface area contributed by atoms with Crippen molar-refractivity contribution >= 4 is 11.9 Å². The highest BCUT2D eigenvalue weighted by molar-refractivity contribution is 5.99. The first-order valence-electron chi connectivity index (χ1n) is 6.08. The zero-order valence-electron chi connectivity index (χ0n) is 10.9. The lowest BCUT2D eigenvalue weighted by atomic mass is 10.0. The number of likely N-dealkylation sites (tertiary alicyclic amines) is 1. The molecule has 0 bridgehead atoms. The highest BCUT2D eigenvalue weighted by atomic mass is 16.5. The molecule has 102 valence electrons. The molecule has 1 N–H and O–H groups in total. The molecule has 6 nitrogen and oxygen atoms in total. The van der Waals surface area contributed by atoms with Crippen LogP contribution in [0, 0.1) is 5.92 Å². The van der Waals surface area contributed by atoms with Gasteiger partial charge in [-0.2, -0.15) is 0 Å². The first-order chi connectivity index (χ1) is 9.06. The molecule has 0 spiro atoms. The van der Waals surface area contributed by atoms with E-state index in [2.05, 4.69) is 4.98 Å². The van der Waals surface area contributed by atoms with E-state index in [0.717, 1.165) is 0 Å². The second kappa shape index (κ2) is 5.26. The monoisotopic (exact) mass is 264 g/mol. The Labute approximate surface area is 111 Å². The Morgan fingerprint density at radius 1 is 1.53 bits per heavy atom. The lowest BCUT2D eigenvalue weighted by Crippen LogP contribution is -2.42. The third kappa shape index (κ3) is 2.38. The van der Waals surface area contributed by atoms with Crippen molar-refractivity contribution < 1.29 is 19.4 Å². The van der Waals surface area contributed by atoms with E-state index in [-0.39, 0.29) is 11.8 Å². The van der Waals surface area contributed by atoms with Crippen molar-refractivity contribution in [3.63, 3.8) is 0 Å². The molecule has 19 heavy (non-hydrogen) atoms. The van der Waals surface area contributed by atoms with Gasteiger partial charge >= 0.3 is 5.97 Å². The number of carboxylic acids is 1. The van der Waals surface area contributed by atoms with E-state index in [1.54, 1.807) is 6.07 Å². The van der Waals surface area contributed by atoms with Crippen molar-refractivity contribution in [2.45, 2.75) is 19.4 Å². The largest absolute Gasteiger partial charge is 0.494 e. The molecule has 1 aromatic rings. The Balaban J connectivity index is 2.31. The number of ether oxygens (including phenoxy) is 1. The van der Waals surface area contributed by atoms with Crippen molar-refractivity contribution in [1.29, 1.82) is 0 Å². The number of amides is 1. The molecule has 1 amide bonds. The number of aromatic nitrogens is 1. The summed E-state index contributed by atoms with van der Waals surface area (Å²) in [6.45, 7) is 2.29. The van der Waals surface area contributed by atoms with E-state index >= 15 is 0 Å². The van der Waals surface area contributed by atoms with Gasteiger partial charge < -0.3 is 14.7 Å². The number of nitrogens with zero attached hydrogens (tertiary/aromatic N) is 2. The molecule has 0 aromatic carbocycles. The van der Waals surface area contributed by atoms with Gasteiger partial charge in [-0.3, -0.25) is 9.78 Å². The van der Waals surface area contributed by atoms with E-state index in [9.17, 15) is 14.7 Å². The number of aliphatic carboxylic acids is 1. The van der Waals surface area contributed by atoms with Crippen molar-refractivity contribution in [1.82, 2.24) is 9.88 Å². The minimum atomic E-state index is -0.966. The summed E-state index contributed by atoms with van der Waals surface area (Å²) in [6.07, 6.45) is 3.63. The Hall–Kier alpha value is -2.11. The number of carboxylic acid groups (broad SMARTS) is 1. The maximum absolute atomic E-state index is 12.4. The summed E-state index contributed by atoms with van der Waals surface area (Å²) in [5, 5.41) is 9.24. The number of carbonyl (C=O) groups excluding carboxylic acids is 1. The summed E-state index contributed by atoms with van der Waals surface area (Å²) in [5.41, 5.74) is 0.345. The van der Waals surface area contributed by atoms with Gasteiger partial charge in [-0.05, 0) is 18.4 Å². The van der Waals surface area contributed by atoms with Crippen LogP contribution in [0.25, 0.3) is 0 Å². The summed E-state index contributed by atoms with van der Waals surface area (Å²) in [6, 6.07) is 0.772. The minimum Gasteiger partial charge on any atom is -0.494 e. The highest BCUT2D eigenvalue weighted by Gasteiger charge is 2.40. The Bertz CT molecular complexity index is 503. The molecule has 2 unspecified atom stereocenters. The molecule has 2 atom stereocenters. The summed E-state index contributed by atoms with van der Waals surface area (Å²) >= 11 is 0. The fourth-order valence-electron chi connectivity index (χ4n) is 2.43.